The lowest BCUT2D eigenvalue weighted by molar-refractivity contribution is 0.0998. The second-order valence-electron chi connectivity index (χ2n) is 3.83. The Hall–Kier alpha value is -3.03. The molecule has 3 amide bonds. The number of ether oxygens (including phenoxy) is 1. The second kappa shape index (κ2) is 5.31. The van der Waals surface area contributed by atoms with Crippen molar-refractivity contribution in [3.8, 4) is 11.6 Å². The number of methoxy groups -OCH3 is 1. The van der Waals surface area contributed by atoms with Gasteiger partial charge in [0.15, 0.2) is 5.82 Å². The van der Waals surface area contributed by atoms with Crippen molar-refractivity contribution in [2.75, 3.05) is 12.4 Å². The van der Waals surface area contributed by atoms with E-state index in [9.17, 15) is 9.59 Å². The summed E-state index contributed by atoms with van der Waals surface area (Å²) in [5.74, 6) is -0.717. The van der Waals surface area contributed by atoms with Gasteiger partial charge in [-0.25, -0.2) is 9.48 Å². The fraction of sp³-hybridized carbons (Fsp3) is 0.0833. The summed E-state index contributed by atoms with van der Waals surface area (Å²) < 4.78 is 6.33. The van der Waals surface area contributed by atoms with Gasteiger partial charge in [-0.3, -0.25) is 10.1 Å². The third-order valence-corrected chi connectivity index (χ3v) is 2.54. The largest absolute Gasteiger partial charge is 0.479 e. The van der Waals surface area contributed by atoms with E-state index in [4.69, 9.17) is 16.2 Å². The molecule has 0 atom stereocenters. The number of aromatic nitrogens is 2. The number of nitrogens with one attached hydrogen (secondary N) is 1. The van der Waals surface area contributed by atoms with Gasteiger partial charge in [0.1, 0.15) is 5.56 Å². The van der Waals surface area contributed by atoms with Crippen LogP contribution in [0.25, 0.3) is 5.69 Å². The van der Waals surface area contributed by atoms with Crippen molar-refractivity contribution in [2.24, 2.45) is 11.5 Å². The van der Waals surface area contributed by atoms with Crippen LogP contribution >= 0.6 is 0 Å². The number of rotatable bonds is 4. The van der Waals surface area contributed by atoms with E-state index >= 15 is 0 Å². The predicted molar refractivity (Wildman–Crippen MR) is 71.8 cm³/mol. The van der Waals surface area contributed by atoms with Gasteiger partial charge in [0, 0.05) is 0 Å². The fourth-order valence-electron chi connectivity index (χ4n) is 1.75. The van der Waals surface area contributed by atoms with Gasteiger partial charge >= 0.3 is 6.03 Å². The third-order valence-electron chi connectivity index (χ3n) is 2.54. The number of anilines is 1. The SMILES string of the molecule is COc1nn(-c2ccccc2)c(NC(N)=O)c1C(N)=O. The highest BCUT2D eigenvalue weighted by Crippen LogP contribution is 2.28. The van der Waals surface area contributed by atoms with E-state index in [1.807, 2.05) is 6.07 Å². The summed E-state index contributed by atoms with van der Waals surface area (Å²) >= 11 is 0. The average Bonchev–Trinajstić information content (AvgIpc) is 2.77. The Labute approximate surface area is 114 Å². The summed E-state index contributed by atoms with van der Waals surface area (Å²) in [5, 5.41) is 6.43. The number of carbonyl (C=O) groups excluding carboxylic acids is 2. The number of hydrogen-bond donors (Lipinski definition) is 3. The fourth-order valence-corrected chi connectivity index (χ4v) is 1.75. The lowest BCUT2D eigenvalue weighted by atomic mass is 10.3. The number of amides is 3. The molecule has 0 bridgehead atoms. The Morgan fingerprint density at radius 1 is 1.25 bits per heavy atom. The maximum absolute atomic E-state index is 11.5. The van der Waals surface area contributed by atoms with Crippen molar-refractivity contribution in [3.05, 3.63) is 35.9 Å². The minimum atomic E-state index is -0.841. The molecule has 1 aromatic carbocycles. The van der Waals surface area contributed by atoms with E-state index in [0.717, 1.165) is 0 Å². The monoisotopic (exact) mass is 275 g/mol. The van der Waals surface area contributed by atoms with Crippen molar-refractivity contribution in [1.82, 2.24) is 9.78 Å². The van der Waals surface area contributed by atoms with E-state index < -0.39 is 11.9 Å². The molecule has 0 fully saturated rings. The summed E-state index contributed by atoms with van der Waals surface area (Å²) in [6, 6.07) is 8.02. The van der Waals surface area contributed by atoms with E-state index in [2.05, 4.69) is 10.4 Å². The molecule has 1 heterocycles. The standard InChI is InChI=1S/C12H13N5O3/c1-20-11-8(9(13)18)10(15-12(14)19)17(16-11)7-5-3-2-4-6-7/h2-6H,1H3,(H2,13,18)(H3,14,15,19). The molecule has 0 aliphatic heterocycles. The van der Waals surface area contributed by atoms with Gasteiger partial charge in [-0.2, -0.15) is 0 Å². The molecular weight excluding hydrogens is 262 g/mol. The number of nitrogens with zero attached hydrogens (tertiary/aromatic N) is 2. The minimum absolute atomic E-state index is 0.00473. The van der Waals surface area contributed by atoms with Gasteiger partial charge in [-0.15, -0.1) is 5.10 Å². The van der Waals surface area contributed by atoms with E-state index in [1.54, 1.807) is 24.3 Å². The van der Waals surface area contributed by atoms with Crippen LogP contribution in [0.2, 0.25) is 0 Å². The second-order valence-corrected chi connectivity index (χ2v) is 3.83. The smallest absolute Gasteiger partial charge is 0.317 e. The topological polar surface area (TPSA) is 125 Å². The van der Waals surface area contributed by atoms with Gasteiger partial charge in [0.2, 0.25) is 5.88 Å². The molecule has 2 rings (SSSR count). The summed E-state index contributed by atoms with van der Waals surface area (Å²) in [6.45, 7) is 0. The van der Waals surface area contributed by atoms with E-state index in [0.29, 0.717) is 5.69 Å². The molecule has 0 aliphatic rings. The zero-order chi connectivity index (χ0) is 14.7. The molecule has 1 aromatic heterocycles. The van der Waals surface area contributed by atoms with E-state index in [1.165, 1.54) is 11.8 Å². The normalized spacial score (nSPS) is 10.1. The number of para-hydroxylation sites is 1. The molecule has 0 saturated carbocycles. The summed E-state index contributed by atoms with van der Waals surface area (Å²) in [5.41, 5.74) is 11.0. The first-order valence-corrected chi connectivity index (χ1v) is 5.63. The molecule has 2 aromatic rings. The summed E-state index contributed by atoms with van der Waals surface area (Å²) in [4.78, 5) is 22.6. The number of primary amides is 2. The Balaban J connectivity index is 2.67. The van der Waals surface area contributed by atoms with Crippen molar-refractivity contribution in [1.29, 1.82) is 0 Å². The number of hydrogen-bond acceptors (Lipinski definition) is 4. The quantitative estimate of drug-likeness (QED) is 0.749. The Kier molecular flexibility index (Phi) is 3.56. The van der Waals surface area contributed by atoms with Crippen LogP contribution in [0.3, 0.4) is 0 Å². The highest BCUT2D eigenvalue weighted by Gasteiger charge is 2.24. The molecule has 5 N–H and O–H groups in total. The van der Waals surface area contributed by atoms with Crippen LogP contribution < -0.4 is 21.5 Å². The van der Waals surface area contributed by atoms with Crippen LogP contribution in [0.4, 0.5) is 10.6 Å². The first-order chi connectivity index (χ1) is 9.54. The van der Waals surface area contributed by atoms with Crippen LogP contribution in [0.5, 0.6) is 5.88 Å². The molecule has 0 aliphatic carbocycles. The molecule has 20 heavy (non-hydrogen) atoms. The predicted octanol–water partition coefficient (Wildman–Crippen LogP) is 0.470. The minimum Gasteiger partial charge on any atom is -0.479 e. The summed E-state index contributed by atoms with van der Waals surface area (Å²) in [6.07, 6.45) is 0. The molecule has 0 unspecified atom stereocenters. The summed E-state index contributed by atoms with van der Waals surface area (Å²) in [7, 11) is 1.35. The molecular formula is C12H13N5O3. The number of nitrogens with two attached hydrogens (primary N) is 2. The van der Waals surface area contributed by atoms with Crippen molar-refractivity contribution >= 4 is 17.8 Å². The van der Waals surface area contributed by atoms with Crippen molar-refractivity contribution in [3.63, 3.8) is 0 Å². The molecule has 0 spiro atoms. The van der Waals surface area contributed by atoms with Crippen LogP contribution in [0, 0.1) is 0 Å². The van der Waals surface area contributed by atoms with E-state index in [-0.39, 0.29) is 17.3 Å². The lowest BCUT2D eigenvalue weighted by Gasteiger charge is -2.07. The third kappa shape index (κ3) is 2.39. The zero-order valence-corrected chi connectivity index (χ0v) is 10.7. The number of carbonyl (C=O) groups is 2. The van der Waals surface area contributed by atoms with Gasteiger partial charge in [0.25, 0.3) is 5.91 Å². The van der Waals surface area contributed by atoms with Crippen molar-refractivity contribution < 1.29 is 14.3 Å². The maximum Gasteiger partial charge on any atom is 0.317 e. The van der Waals surface area contributed by atoms with Crippen molar-refractivity contribution in [2.45, 2.75) is 0 Å². The molecule has 8 nitrogen and oxygen atoms in total. The van der Waals surface area contributed by atoms with Gasteiger partial charge in [0.05, 0.1) is 12.8 Å². The first-order valence-electron chi connectivity index (χ1n) is 5.63. The van der Waals surface area contributed by atoms with Gasteiger partial charge < -0.3 is 16.2 Å². The molecule has 8 heteroatoms. The Morgan fingerprint density at radius 3 is 2.40 bits per heavy atom. The highest BCUT2D eigenvalue weighted by atomic mass is 16.5. The zero-order valence-electron chi connectivity index (χ0n) is 10.7. The average molecular weight is 275 g/mol. The molecule has 104 valence electrons. The number of urea groups is 1. The lowest BCUT2D eigenvalue weighted by Crippen LogP contribution is -2.24. The maximum atomic E-state index is 11.5. The molecule has 0 saturated heterocycles. The van der Waals surface area contributed by atoms with Gasteiger partial charge in [-0.05, 0) is 12.1 Å². The van der Waals surface area contributed by atoms with Crippen LogP contribution in [0.1, 0.15) is 10.4 Å². The van der Waals surface area contributed by atoms with Crippen LogP contribution in [-0.2, 0) is 0 Å². The van der Waals surface area contributed by atoms with Gasteiger partial charge in [-0.1, -0.05) is 18.2 Å². The molecule has 0 radical (unpaired) electrons. The van der Waals surface area contributed by atoms with Crippen LogP contribution in [-0.4, -0.2) is 28.8 Å². The van der Waals surface area contributed by atoms with Crippen LogP contribution in [0.15, 0.2) is 30.3 Å². The first kappa shape index (κ1) is 13.4. The Bertz CT molecular complexity index is 651. The Morgan fingerprint density at radius 2 is 1.90 bits per heavy atom. The highest BCUT2D eigenvalue weighted by molar-refractivity contribution is 6.03. The number of benzene rings is 1.